The number of aromatic nitrogens is 3. The summed E-state index contributed by atoms with van der Waals surface area (Å²) in [5.74, 6) is -0.606. The molecule has 0 bridgehead atoms. The Morgan fingerprint density at radius 3 is 2.17 bits per heavy atom. The Labute approximate surface area is 138 Å². The molecule has 0 unspecified atom stereocenters. The van der Waals surface area contributed by atoms with Gasteiger partial charge in [-0.3, -0.25) is 9.59 Å². The van der Waals surface area contributed by atoms with Crippen molar-refractivity contribution in [3.8, 4) is 16.9 Å². The van der Waals surface area contributed by atoms with Gasteiger partial charge in [0.15, 0.2) is 0 Å². The molecule has 0 aliphatic heterocycles. The minimum absolute atomic E-state index is 0.126. The third-order valence-electron chi connectivity index (χ3n) is 3.35. The lowest BCUT2D eigenvalue weighted by Crippen LogP contribution is -2.11. The summed E-state index contributed by atoms with van der Waals surface area (Å²) in [5.41, 5.74) is 2.85. The van der Waals surface area contributed by atoms with Crippen LogP contribution in [0.2, 0.25) is 0 Å². The maximum atomic E-state index is 11.7. The fourth-order valence-corrected chi connectivity index (χ4v) is 2.37. The Kier molecular flexibility index (Phi) is 4.34. The molecule has 0 saturated carbocycles. The first-order valence-corrected chi connectivity index (χ1v) is 7.43. The maximum Gasteiger partial charge on any atom is 0.252 e. The first-order valence-electron chi connectivity index (χ1n) is 6.98. The summed E-state index contributed by atoms with van der Waals surface area (Å²) in [6.45, 7) is 0. The van der Waals surface area contributed by atoms with Gasteiger partial charge in [-0.15, -0.1) is 5.10 Å². The minimum atomic E-state index is -0.779. The van der Waals surface area contributed by atoms with Gasteiger partial charge in [-0.1, -0.05) is 66.4 Å². The summed E-state index contributed by atoms with van der Waals surface area (Å²) < 4.78 is 1.67. The molecule has 3 rings (SSSR count). The number of para-hydroxylation sites is 1. The van der Waals surface area contributed by atoms with Crippen molar-refractivity contribution in [2.75, 3.05) is 0 Å². The van der Waals surface area contributed by atoms with Gasteiger partial charge < -0.3 is 0 Å². The Hall–Kier alpha value is -2.73. The van der Waals surface area contributed by atoms with E-state index in [-0.39, 0.29) is 6.42 Å². The van der Waals surface area contributed by atoms with E-state index in [0.717, 1.165) is 11.3 Å². The van der Waals surface area contributed by atoms with Crippen molar-refractivity contribution in [1.29, 1.82) is 0 Å². The SMILES string of the molecule is O=C(S)C(=O)Cc1nnn(-c2ccccc2)c1-c1ccccc1. The second-order valence-electron chi connectivity index (χ2n) is 4.90. The summed E-state index contributed by atoms with van der Waals surface area (Å²) in [7, 11) is 0. The molecule has 2 aromatic carbocycles. The second-order valence-corrected chi connectivity index (χ2v) is 5.31. The fraction of sp³-hybridized carbons (Fsp3) is 0.0588. The highest BCUT2D eigenvalue weighted by atomic mass is 32.1. The van der Waals surface area contributed by atoms with Crippen LogP contribution >= 0.6 is 12.6 Å². The average Bonchev–Trinajstić information content (AvgIpc) is 3.00. The average molecular weight is 323 g/mol. The lowest BCUT2D eigenvalue weighted by molar-refractivity contribution is -0.131. The Morgan fingerprint density at radius 2 is 1.57 bits per heavy atom. The van der Waals surface area contributed by atoms with E-state index in [1.165, 1.54) is 0 Å². The van der Waals surface area contributed by atoms with Gasteiger partial charge in [0.1, 0.15) is 0 Å². The Balaban J connectivity index is 2.13. The third kappa shape index (κ3) is 3.22. The van der Waals surface area contributed by atoms with Crippen LogP contribution in [0.1, 0.15) is 5.69 Å². The van der Waals surface area contributed by atoms with Gasteiger partial charge in [0.25, 0.3) is 5.12 Å². The van der Waals surface area contributed by atoms with Gasteiger partial charge in [-0.05, 0) is 12.1 Å². The molecular formula is C17H13N3O2S. The number of Topliss-reactive ketones (excluding diaryl/α,β-unsaturated/α-hetero) is 1. The van der Waals surface area contributed by atoms with E-state index < -0.39 is 10.9 Å². The van der Waals surface area contributed by atoms with E-state index >= 15 is 0 Å². The van der Waals surface area contributed by atoms with Crippen molar-refractivity contribution < 1.29 is 9.59 Å². The molecule has 1 heterocycles. The smallest absolute Gasteiger partial charge is 0.252 e. The molecule has 0 atom stereocenters. The number of thiol groups is 1. The van der Waals surface area contributed by atoms with Crippen LogP contribution in [0.3, 0.4) is 0 Å². The molecule has 3 aromatic rings. The lowest BCUT2D eigenvalue weighted by Gasteiger charge is -2.08. The maximum absolute atomic E-state index is 11.7. The molecule has 6 heteroatoms. The highest BCUT2D eigenvalue weighted by Gasteiger charge is 2.20. The van der Waals surface area contributed by atoms with E-state index in [0.29, 0.717) is 11.4 Å². The standard InChI is InChI=1S/C17H13N3O2S/c21-15(17(22)23)11-14-16(12-7-3-1-4-8-12)20(19-18-14)13-9-5-2-6-10-13/h1-10H,11H2,(H,22,23). The molecule has 0 aliphatic rings. The van der Waals surface area contributed by atoms with Gasteiger partial charge in [-0.25, -0.2) is 4.68 Å². The van der Waals surface area contributed by atoms with Crippen molar-refractivity contribution >= 4 is 23.5 Å². The molecule has 0 aliphatic carbocycles. The predicted molar refractivity (Wildman–Crippen MR) is 89.5 cm³/mol. The molecule has 0 amide bonds. The first-order chi connectivity index (χ1) is 11.2. The molecule has 0 N–H and O–H groups in total. The van der Waals surface area contributed by atoms with Crippen molar-refractivity contribution in [2.24, 2.45) is 0 Å². The Morgan fingerprint density at radius 1 is 0.957 bits per heavy atom. The molecule has 1 aromatic heterocycles. The van der Waals surface area contributed by atoms with Gasteiger partial charge in [0, 0.05) is 5.56 Å². The van der Waals surface area contributed by atoms with Crippen molar-refractivity contribution in [3.63, 3.8) is 0 Å². The van der Waals surface area contributed by atoms with Crippen LogP contribution in [0.25, 0.3) is 16.9 Å². The summed E-state index contributed by atoms with van der Waals surface area (Å²) >= 11 is 3.58. The van der Waals surface area contributed by atoms with Crippen LogP contribution in [-0.2, 0) is 16.0 Å². The number of carbonyl (C=O) groups is 2. The van der Waals surface area contributed by atoms with Gasteiger partial charge in [0.05, 0.1) is 23.5 Å². The van der Waals surface area contributed by atoms with Crippen LogP contribution in [0, 0.1) is 0 Å². The zero-order valence-corrected chi connectivity index (χ0v) is 13.0. The zero-order chi connectivity index (χ0) is 16.2. The van der Waals surface area contributed by atoms with Crippen molar-refractivity contribution in [2.45, 2.75) is 6.42 Å². The van der Waals surface area contributed by atoms with Crippen LogP contribution in [0.4, 0.5) is 0 Å². The number of benzene rings is 2. The summed E-state index contributed by atoms with van der Waals surface area (Å²) in [6, 6.07) is 19.0. The molecule has 0 spiro atoms. The highest BCUT2D eigenvalue weighted by molar-refractivity contribution is 7.98. The van der Waals surface area contributed by atoms with Crippen LogP contribution < -0.4 is 0 Å². The molecule has 0 saturated heterocycles. The van der Waals surface area contributed by atoms with Crippen molar-refractivity contribution in [3.05, 3.63) is 66.4 Å². The van der Waals surface area contributed by atoms with Crippen LogP contribution in [0.5, 0.6) is 0 Å². The molecule has 5 nitrogen and oxygen atoms in total. The summed E-state index contributed by atoms with van der Waals surface area (Å²) in [5, 5.41) is 7.47. The zero-order valence-electron chi connectivity index (χ0n) is 12.1. The monoisotopic (exact) mass is 323 g/mol. The molecule has 114 valence electrons. The van der Waals surface area contributed by atoms with E-state index in [4.69, 9.17) is 0 Å². The number of hydrogen-bond donors (Lipinski definition) is 1. The number of nitrogens with zero attached hydrogens (tertiary/aromatic N) is 3. The van der Waals surface area contributed by atoms with Crippen LogP contribution in [0.15, 0.2) is 60.7 Å². The molecule has 0 fully saturated rings. The van der Waals surface area contributed by atoms with E-state index in [1.807, 2.05) is 60.7 Å². The highest BCUT2D eigenvalue weighted by Crippen LogP contribution is 2.25. The van der Waals surface area contributed by atoms with E-state index in [9.17, 15) is 9.59 Å². The quantitative estimate of drug-likeness (QED) is 0.579. The Bertz CT molecular complexity index is 845. The van der Waals surface area contributed by atoms with E-state index in [1.54, 1.807) is 4.68 Å². The molecule has 0 radical (unpaired) electrons. The van der Waals surface area contributed by atoms with Crippen LogP contribution in [-0.4, -0.2) is 25.9 Å². The number of hydrogen-bond acceptors (Lipinski definition) is 4. The summed E-state index contributed by atoms with van der Waals surface area (Å²) in [6.07, 6.45) is -0.126. The van der Waals surface area contributed by atoms with Gasteiger partial charge >= 0.3 is 0 Å². The number of rotatable bonds is 5. The normalized spacial score (nSPS) is 10.5. The molecule has 23 heavy (non-hydrogen) atoms. The van der Waals surface area contributed by atoms with Gasteiger partial charge in [0.2, 0.25) is 5.78 Å². The number of ketones is 1. The third-order valence-corrected chi connectivity index (χ3v) is 3.60. The molecular weight excluding hydrogens is 310 g/mol. The summed E-state index contributed by atoms with van der Waals surface area (Å²) in [4.78, 5) is 22.9. The largest absolute Gasteiger partial charge is 0.289 e. The van der Waals surface area contributed by atoms with E-state index in [2.05, 4.69) is 22.9 Å². The van der Waals surface area contributed by atoms with Gasteiger partial charge in [-0.2, -0.15) is 0 Å². The predicted octanol–water partition coefficient (Wildman–Crippen LogP) is 2.50. The second kappa shape index (κ2) is 6.58. The first kappa shape index (κ1) is 15.2. The van der Waals surface area contributed by atoms with Crippen molar-refractivity contribution in [1.82, 2.24) is 15.0 Å². The number of carbonyl (C=O) groups excluding carboxylic acids is 2. The minimum Gasteiger partial charge on any atom is -0.289 e. The topological polar surface area (TPSA) is 64.8 Å². The fourth-order valence-electron chi connectivity index (χ4n) is 2.29. The lowest BCUT2D eigenvalue weighted by atomic mass is 10.1.